The minimum atomic E-state index is -0.0625. The van der Waals surface area contributed by atoms with E-state index < -0.39 is 0 Å². The van der Waals surface area contributed by atoms with Crippen molar-refractivity contribution in [3.8, 4) is 22.8 Å². The molecule has 1 amide bonds. The number of carbonyl (C=O) groups excluding carboxylic acids is 1. The van der Waals surface area contributed by atoms with Gasteiger partial charge in [0.1, 0.15) is 13.2 Å². The van der Waals surface area contributed by atoms with Crippen molar-refractivity contribution in [3.63, 3.8) is 0 Å². The van der Waals surface area contributed by atoms with E-state index in [1.165, 1.54) is 0 Å². The van der Waals surface area contributed by atoms with Gasteiger partial charge < -0.3 is 14.4 Å². The first kappa shape index (κ1) is 21.0. The molecule has 0 unspecified atom stereocenters. The average Bonchev–Trinajstić information content (AvgIpc) is 3.15. The second kappa shape index (κ2) is 8.58. The second-order valence-corrected chi connectivity index (χ2v) is 8.09. The molecular weight excluding hydrogens is 416 g/mol. The van der Waals surface area contributed by atoms with Gasteiger partial charge in [0.2, 0.25) is 0 Å². The van der Waals surface area contributed by atoms with Crippen molar-refractivity contribution in [2.24, 2.45) is 7.05 Å². The summed E-state index contributed by atoms with van der Waals surface area (Å²) in [7, 11) is 1.86. The highest BCUT2D eigenvalue weighted by Gasteiger charge is 2.25. The number of benzene rings is 2. The van der Waals surface area contributed by atoms with Gasteiger partial charge in [-0.1, -0.05) is 42.5 Å². The molecule has 1 aliphatic heterocycles. The Balaban J connectivity index is 1.58. The topological polar surface area (TPSA) is 69.5 Å². The van der Waals surface area contributed by atoms with Crippen LogP contribution in [0.15, 0.2) is 54.6 Å². The standard InChI is InChI=1S/C26H26N4O3/c1-4-30(16-19-11-8-12-22-24(19)33-14-13-32-22)26(31)20-15-21(18-9-6-5-7-10-18)27-25-23(20)17(2)28-29(25)3/h5-12,15H,4,13-14,16H2,1-3H3. The Hall–Kier alpha value is -3.87. The first-order valence-electron chi connectivity index (χ1n) is 11.1. The highest BCUT2D eigenvalue weighted by Crippen LogP contribution is 2.35. The van der Waals surface area contributed by atoms with Crippen LogP contribution in [0.25, 0.3) is 22.3 Å². The second-order valence-electron chi connectivity index (χ2n) is 8.09. The Morgan fingerprint density at radius 1 is 1.09 bits per heavy atom. The van der Waals surface area contributed by atoms with Gasteiger partial charge in [-0.2, -0.15) is 5.10 Å². The number of ether oxygens (including phenoxy) is 2. The SMILES string of the molecule is CCN(Cc1cccc2c1OCCO2)C(=O)c1cc(-c2ccccc2)nc2c1c(C)nn2C. The molecule has 0 bridgehead atoms. The van der Waals surface area contributed by atoms with Gasteiger partial charge in [0, 0.05) is 31.3 Å². The Morgan fingerprint density at radius 2 is 1.88 bits per heavy atom. The minimum Gasteiger partial charge on any atom is -0.486 e. The fourth-order valence-electron chi connectivity index (χ4n) is 4.33. The average molecular weight is 443 g/mol. The summed E-state index contributed by atoms with van der Waals surface area (Å²) in [5.41, 5.74) is 4.72. The van der Waals surface area contributed by atoms with Crippen LogP contribution in [0.5, 0.6) is 11.5 Å². The van der Waals surface area contributed by atoms with Crippen LogP contribution >= 0.6 is 0 Å². The zero-order chi connectivity index (χ0) is 22.9. The minimum absolute atomic E-state index is 0.0625. The van der Waals surface area contributed by atoms with E-state index in [1.807, 2.05) is 80.4 Å². The van der Waals surface area contributed by atoms with Gasteiger partial charge in [-0.05, 0) is 26.0 Å². The zero-order valence-corrected chi connectivity index (χ0v) is 19.0. The predicted octanol–water partition coefficient (Wildman–Crippen LogP) is 4.38. The normalized spacial score (nSPS) is 12.7. The molecule has 0 spiro atoms. The van der Waals surface area contributed by atoms with Gasteiger partial charge >= 0.3 is 0 Å². The van der Waals surface area contributed by atoms with E-state index in [0.717, 1.165) is 39.4 Å². The molecular formula is C26H26N4O3. The number of hydrogen-bond acceptors (Lipinski definition) is 5. The van der Waals surface area contributed by atoms with E-state index in [4.69, 9.17) is 14.5 Å². The van der Waals surface area contributed by atoms with Crippen LogP contribution < -0.4 is 9.47 Å². The number of para-hydroxylation sites is 1. The van der Waals surface area contributed by atoms with E-state index in [9.17, 15) is 4.79 Å². The molecule has 1 aliphatic rings. The fraction of sp³-hybridized carbons (Fsp3) is 0.269. The van der Waals surface area contributed by atoms with E-state index >= 15 is 0 Å². The molecule has 168 valence electrons. The molecule has 4 aromatic rings. The summed E-state index contributed by atoms with van der Waals surface area (Å²) in [4.78, 5) is 20.5. The third kappa shape index (κ3) is 3.80. The molecule has 0 atom stereocenters. The van der Waals surface area contributed by atoms with Crippen molar-refractivity contribution in [3.05, 3.63) is 71.4 Å². The third-order valence-electron chi connectivity index (χ3n) is 5.95. The van der Waals surface area contributed by atoms with Crippen LogP contribution in [0.3, 0.4) is 0 Å². The quantitative estimate of drug-likeness (QED) is 0.459. The van der Waals surface area contributed by atoms with Gasteiger partial charge in [-0.3, -0.25) is 9.48 Å². The summed E-state index contributed by atoms with van der Waals surface area (Å²) in [5.74, 6) is 1.38. The largest absolute Gasteiger partial charge is 0.486 e. The highest BCUT2D eigenvalue weighted by molar-refractivity contribution is 6.07. The third-order valence-corrected chi connectivity index (χ3v) is 5.95. The number of aryl methyl sites for hydroxylation is 2. The number of aromatic nitrogens is 3. The summed E-state index contributed by atoms with van der Waals surface area (Å²) in [6.07, 6.45) is 0. The number of rotatable bonds is 5. The molecule has 7 heteroatoms. The first-order valence-corrected chi connectivity index (χ1v) is 11.1. The Kier molecular flexibility index (Phi) is 5.46. The van der Waals surface area contributed by atoms with Crippen LogP contribution in [0, 0.1) is 6.92 Å². The van der Waals surface area contributed by atoms with E-state index in [2.05, 4.69) is 5.10 Å². The number of carbonyl (C=O) groups is 1. The molecule has 2 aromatic heterocycles. The number of amides is 1. The lowest BCUT2D eigenvalue weighted by Gasteiger charge is -2.26. The van der Waals surface area contributed by atoms with Crippen LogP contribution in [0.4, 0.5) is 0 Å². The van der Waals surface area contributed by atoms with Gasteiger partial charge in [-0.15, -0.1) is 0 Å². The molecule has 7 nitrogen and oxygen atoms in total. The van der Waals surface area contributed by atoms with Crippen molar-refractivity contribution in [1.29, 1.82) is 0 Å². The molecule has 0 saturated heterocycles. The van der Waals surface area contributed by atoms with E-state index in [1.54, 1.807) is 4.68 Å². The van der Waals surface area contributed by atoms with Gasteiger partial charge in [0.05, 0.1) is 22.3 Å². The van der Waals surface area contributed by atoms with Crippen molar-refractivity contribution in [2.75, 3.05) is 19.8 Å². The maximum atomic E-state index is 13.9. The Bertz CT molecular complexity index is 1330. The molecule has 2 aromatic carbocycles. The summed E-state index contributed by atoms with van der Waals surface area (Å²) < 4.78 is 13.3. The van der Waals surface area contributed by atoms with Crippen LogP contribution in [0.2, 0.25) is 0 Å². The van der Waals surface area contributed by atoms with Gasteiger partial charge in [0.15, 0.2) is 17.1 Å². The lowest BCUT2D eigenvalue weighted by Crippen LogP contribution is -2.31. The number of fused-ring (bicyclic) bond motifs is 2. The van der Waals surface area contributed by atoms with Gasteiger partial charge in [-0.25, -0.2) is 4.98 Å². The van der Waals surface area contributed by atoms with Crippen LogP contribution in [0.1, 0.15) is 28.5 Å². The Labute approximate surface area is 192 Å². The summed E-state index contributed by atoms with van der Waals surface area (Å²) in [6, 6.07) is 17.6. The molecule has 0 aliphatic carbocycles. The maximum absolute atomic E-state index is 13.9. The maximum Gasteiger partial charge on any atom is 0.255 e. The summed E-state index contributed by atoms with van der Waals surface area (Å²) in [5, 5.41) is 5.33. The molecule has 3 heterocycles. The van der Waals surface area contributed by atoms with Gasteiger partial charge in [0.25, 0.3) is 5.91 Å². The summed E-state index contributed by atoms with van der Waals surface area (Å²) >= 11 is 0. The monoisotopic (exact) mass is 442 g/mol. The zero-order valence-electron chi connectivity index (χ0n) is 19.0. The lowest BCUT2D eigenvalue weighted by molar-refractivity contribution is 0.0751. The highest BCUT2D eigenvalue weighted by atomic mass is 16.6. The van der Waals surface area contributed by atoms with Crippen LogP contribution in [-0.4, -0.2) is 45.3 Å². The number of nitrogens with zero attached hydrogens (tertiary/aromatic N) is 4. The predicted molar refractivity (Wildman–Crippen MR) is 127 cm³/mol. The van der Waals surface area contributed by atoms with Crippen molar-refractivity contribution >= 4 is 16.9 Å². The van der Waals surface area contributed by atoms with Crippen molar-refractivity contribution < 1.29 is 14.3 Å². The molecule has 5 rings (SSSR count). The molecule has 33 heavy (non-hydrogen) atoms. The smallest absolute Gasteiger partial charge is 0.255 e. The van der Waals surface area contributed by atoms with Crippen LogP contribution in [-0.2, 0) is 13.6 Å². The molecule has 0 fully saturated rings. The molecule has 0 N–H and O–H groups in total. The fourth-order valence-corrected chi connectivity index (χ4v) is 4.33. The molecule has 0 radical (unpaired) electrons. The number of pyridine rings is 1. The Morgan fingerprint density at radius 3 is 2.67 bits per heavy atom. The van der Waals surface area contributed by atoms with E-state index in [0.29, 0.717) is 37.5 Å². The van der Waals surface area contributed by atoms with E-state index in [-0.39, 0.29) is 5.91 Å². The van der Waals surface area contributed by atoms with Crippen molar-refractivity contribution in [1.82, 2.24) is 19.7 Å². The number of hydrogen-bond donors (Lipinski definition) is 0. The lowest BCUT2D eigenvalue weighted by atomic mass is 10.0. The van der Waals surface area contributed by atoms with Crippen molar-refractivity contribution in [2.45, 2.75) is 20.4 Å². The first-order chi connectivity index (χ1) is 16.1. The molecule has 0 saturated carbocycles. The summed E-state index contributed by atoms with van der Waals surface area (Å²) in [6.45, 7) is 5.91.